The summed E-state index contributed by atoms with van der Waals surface area (Å²) in [5.74, 6) is 0.184. The van der Waals surface area contributed by atoms with Crippen LogP contribution in [-0.4, -0.2) is 9.78 Å². The van der Waals surface area contributed by atoms with Gasteiger partial charge < -0.3 is 5.73 Å². The van der Waals surface area contributed by atoms with Crippen molar-refractivity contribution in [1.82, 2.24) is 9.78 Å². The first kappa shape index (κ1) is 16.3. The van der Waals surface area contributed by atoms with Gasteiger partial charge in [0, 0.05) is 5.02 Å². The van der Waals surface area contributed by atoms with Crippen LogP contribution >= 0.6 is 11.6 Å². The molecule has 0 aliphatic carbocycles. The number of anilines is 1. The Hall–Kier alpha value is -3.54. The summed E-state index contributed by atoms with van der Waals surface area (Å²) in [5, 5.41) is 23.9. The maximum atomic E-state index is 9.56. The standard InChI is InChI=1S/C19H12ClN5/c20-17-9-5-4-6-13(17)10-14(11-21)18-16(12-22)19(23)25(24-18)15-7-2-1-3-8-15/h1-10H,23H2. The molecule has 0 saturated heterocycles. The number of nitrogens with zero attached hydrogens (tertiary/aromatic N) is 4. The number of nitriles is 2. The number of halogens is 1. The Bertz CT molecular complexity index is 1040. The van der Waals surface area contributed by atoms with E-state index < -0.39 is 0 Å². The predicted octanol–water partition coefficient (Wildman–Crippen LogP) is 4.04. The largest absolute Gasteiger partial charge is 0.382 e. The lowest BCUT2D eigenvalue weighted by molar-refractivity contribution is 0.885. The summed E-state index contributed by atoms with van der Waals surface area (Å²) in [4.78, 5) is 0. The Balaban J connectivity index is 2.18. The average molecular weight is 346 g/mol. The molecule has 3 aromatic rings. The van der Waals surface area contributed by atoms with Crippen LogP contribution in [0.4, 0.5) is 5.82 Å². The number of benzene rings is 2. The van der Waals surface area contributed by atoms with Gasteiger partial charge in [0.05, 0.1) is 11.3 Å². The van der Waals surface area contributed by atoms with Crippen LogP contribution in [0.3, 0.4) is 0 Å². The second-order valence-corrected chi connectivity index (χ2v) is 5.57. The molecule has 5 nitrogen and oxygen atoms in total. The first-order valence-corrected chi connectivity index (χ1v) is 7.74. The molecule has 0 fully saturated rings. The summed E-state index contributed by atoms with van der Waals surface area (Å²) in [6.45, 7) is 0. The summed E-state index contributed by atoms with van der Waals surface area (Å²) in [7, 11) is 0. The summed E-state index contributed by atoms with van der Waals surface area (Å²) in [5.41, 5.74) is 8.05. The van der Waals surface area contributed by atoms with E-state index in [-0.39, 0.29) is 22.6 Å². The van der Waals surface area contributed by atoms with Gasteiger partial charge in [0.25, 0.3) is 0 Å². The number of allylic oxidation sites excluding steroid dienone is 1. The number of hydrogen-bond acceptors (Lipinski definition) is 4. The zero-order valence-electron chi connectivity index (χ0n) is 13.0. The molecule has 0 bridgehead atoms. The molecule has 3 rings (SSSR count). The zero-order valence-corrected chi connectivity index (χ0v) is 13.8. The van der Waals surface area contributed by atoms with E-state index >= 15 is 0 Å². The molecule has 0 amide bonds. The van der Waals surface area contributed by atoms with E-state index in [9.17, 15) is 10.5 Å². The molecule has 2 N–H and O–H groups in total. The van der Waals surface area contributed by atoms with Gasteiger partial charge in [0.1, 0.15) is 29.2 Å². The van der Waals surface area contributed by atoms with E-state index in [1.54, 1.807) is 24.3 Å². The number of nitrogens with two attached hydrogens (primary N) is 1. The van der Waals surface area contributed by atoms with Crippen LogP contribution < -0.4 is 5.73 Å². The Morgan fingerprint density at radius 1 is 1.08 bits per heavy atom. The second-order valence-electron chi connectivity index (χ2n) is 5.16. The Morgan fingerprint density at radius 3 is 2.40 bits per heavy atom. The van der Waals surface area contributed by atoms with Crippen LogP contribution in [-0.2, 0) is 0 Å². The molecular weight excluding hydrogens is 334 g/mol. The molecule has 0 aliphatic rings. The molecule has 25 heavy (non-hydrogen) atoms. The highest BCUT2D eigenvalue weighted by Gasteiger charge is 2.20. The van der Waals surface area contributed by atoms with Crippen LogP contribution in [0.15, 0.2) is 54.6 Å². The molecule has 6 heteroatoms. The molecule has 0 saturated carbocycles. The van der Waals surface area contributed by atoms with Gasteiger partial charge in [0.15, 0.2) is 0 Å². The monoisotopic (exact) mass is 345 g/mol. The number of rotatable bonds is 3. The maximum absolute atomic E-state index is 9.56. The minimum absolute atomic E-state index is 0.156. The van der Waals surface area contributed by atoms with Crippen molar-refractivity contribution in [3.63, 3.8) is 0 Å². The SMILES string of the molecule is N#CC(=Cc1ccccc1Cl)c1nn(-c2ccccc2)c(N)c1C#N. The smallest absolute Gasteiger partial charge is 0.145 e. The van der Waals surface area contributed by atoms with E-state index in [1.807, 2.05) is 42.5 Å². The minimum Gasteiger partial charge on any atom is -0.382 e. The van der Waals surface area contributed by atoms with Crippen molar-refractivity contribution in [2.45, 2.75) is 0 Å². The van der Waals surface area contributed by atoms with E-state index in [1.165, 1.54) is 4.68 Å². The number of aromatic nitrogens is 2. The molecule has 0 unspecified atom stereocenters. The van der Waals surface area contributed by atoms with Gasteiger partial charge in [-0.15, -0.1) is 0 Å². The molecule has 1 heterocycles. The van der Waals surface area contributed by atoms with Crippen LogP contribution in [0, 0.1) is 22.7 Å². The highest BCUT2D eigenvalue weighted by Crippen LogP contribution is 2.28. The van der Waals surface area contributed by atoms with Gasteiger partial charge in [-0.2, -0.15) is 15.6 Å². The Kier molecular flexibility index (Phi) is 4.52. The summed E-state index contributed by atoms with van der Waals surface area (Å²) in [6, 6.07) is 20.4. The zero-order chi connectivity index (χ0) is 17.8. The third-order valence-corrected chi connectivity index (χ3v) is 3.96. The van der Waals surface area contributed by atoms with Gasteiger partial charge >= 0.3 is 0 Å². The molecule has 0 radical (unpaired) electrons. The van der Waals surface area contributed by atoms with Crippen molar-refractivity contribution in [3.05, 3.63) is 76.4 Å². The van der Waals surface area contributed by atoms with Crippen molar-refractivity contribution in [1.29, 1.82) is 10.5 Å². The summed E-state index contributed by atoms with van der Waals surface area (Å²) in [6.07, 6.45) is 1.60. The third kappa shape index (κ3) is 3.10. The Morgan fingerprint density at radius 2 is 1.76 bits per heavy atom. The molecule has 0 spiro atoms. The molecular formula is C19H12ClN5. The van der Waals surface area contributed by atoms with Crippen molar-refractivity contribution in [3.8, 4) is 17.8 Å². The van der Waals surface area contributed by atoms with Crippen LogP contribution in [0.1, 0.15) is 16.8 Å². The fourth-order valence-electron chi connectivity index (χ4n) is 2.40. The van der Waals surface area contributed by atoms with Gasteiger partial charge in [-0.25, -0.2) is 4.68 Å². The predicted molar refractivity (Wildman–Crippen MR) is 97.6 cm³/mol. The number of para-hydroxylation sites is 1. The van der Waals surface area contributed by atoms with Crippen molar-refractivity contribution in [2.24, 2.45) is 0 Å². The highest BCUT2D eigenvalue weighted by molar-refractivity contribution is 6.32. The maximum Gasteiger partial charge on any atom is 0.145 e. The van der Waals surface area contributed by atoms with Crippen LogP contribution in [0.5, 0.6) is 0 Å². The van der Waals surface area contributed by atoms with Gasteiger partial charge in [-0.3, -0.25) is 0 Å². The van der Waals surface area contributed by atoms with Gasteiger partial charge in [0.2, 0.25) is 0 Å². The van der Waals surface area contributed by atoms with E-state index in [2.05, 4.69) is 11.2 Å². The van der Waals surface area contributed by atoms with Gasteiger partial charge in [-0.05, 0) is 29.8 Å². The topological polar surface area (TPSA) is 91.4 Å². The molecule has 0 atom stereocenters. The van der Waals surface area contributed by atoms with Crippen molar-refractivity contribution < 1.29 is 0 Å². The molecule has 0 aliphatic heterocycles. The van der Waals surface area contributed by atoms with Crippen molar-refractivity contribution >= 4 is 29.1 Å². The van der Waals surface area contributed by atoms with E-state index in [0.717, 1.165) is 0 Å². The van der Waals surface area contributed by atoms with Crippen LogP contribution in [0.25, 0.3) is 17.3 Å². The first-order valence-electron chi connectivity index (χ1n) is 7.36. The minimum atomic E-state index is 0.156. The van der Waals surface area contributed by atoms with E-state index in [0.29, 0.717) is 16.3 Å². The Labute approximate surface area is 149 Å². The average Bonchev–Trinajstić information content (AvgIpc) is 2.98. The quantitative estimate of drug-likeness (QED) is 0.725. The fraction of sp³-hybridized carbons (Fsp3) is 0. The lowest BCUT2D eigenvalue weighted by Gasteiger charge is -2.02. The third-order valence-electron chi connectivity index (χ3n) is 3.61. The molecule has 120 valence electrons. The lowest BCUT2D eigenvalue weighted by Crippen LogP contribution is -2.02. The summed E-state index contributed by atoms with van der Waals surface area (Å²) >= 11 is 6.15. The number of hydrogen-bond donors (Lipinski definition) is 1. The second kappa shape index (κ2) is 6.92. The van der Waals surface area contributed by atoms with Gasteiger partial charge in [-0.1, -0.05) is 48.0 Å². The van der Waals surface area contributed by atoms with E-state index in [4.69, 9.17) is 17.3 Å². The number of nitrogen functional groups attached to an aromatic ring is 1. The fourth-order valence-corrected chi connectivity index (χ4v) is 2.59. The van der Waals surface area contributed by atoms with Crippen molar-refractivity contribution in [2.75, 3.05) is 5.73 Å². The normalized spacial score (nSPS) is 10.9. The molecule has 1 aromatic heterocycles. The molecule has 2 aromatic carbocycles. The summed E-state index contributed by atoms with van der Waals surface area (Å²) < 4.78 is 1.45. The highest BCUT2D eigenvalue weighted by atomic mass is 35.5. The van der Waals surface area contributed by atoms with Crippen LogP contribution in [0.2, 0.25) is 5.02 Å². The lowest BCUT2D eigenvalue weighted by atomic mass is 10.1. The first-order chi connectivity index (χ1) is 12.2.